The lowest BCUT2D eigenvalue weighted by Gasteiger charge is -2.18. The molecule has 1 atom stereocenters. The van der Waals surface area contributed by atoms with Gasteiger partial charge in [-0.2, -0.15) is 0 Å². The molecular formula is C15H26N2. The first-order valence-corrected chi connectivity index (χ1v) is 6.99. The van der Waals surface area contributed by atoms with Gasteiger partial charge in [0.25, 0.3) is 0 Å². The third-order valence-corrected chi connectivity index (χ3v) is 3.07. The number of aromatic nitrogens is 1. The number of nitrogens with zero attached hydrogens (tertiary/aromatic N) is 1. The molecule has 0 saturated carbocycles. The van der Waals surface area contributed by atoms with Crippen LogP contribution >= 0.6 is 0 Å². The van der Waals surface area contributed by atoms with Crippen LogP contribution in [0.2, 0.25) is 0 Å². The Bertz CT molecular complexity index is 272. The van der Waals surface area contributed by atoms with E-state index in [9.17, 15) is 0 Å². The molecule has 0 radical (unpaired) electrons. The van der Waals surface area contributed by atoms with Gasteiger partial charge in [-0.25, -0.2) is 0 Å². The van der Waals surface area contributed by atoms with Crippen molar-refractivity contribution in [3.8, 4) is 0 Å². The summed E-state index contributed by atoms with van der Waals surface area (Å²) >= 11 is 0. The second-order valence-corrected chi connectivity index (χ2v) is 4.71. The summed E-state index contributed by atoms with van der Waals surface area (Å²) in [7, 11) is 0. The molecule has 0 bridgehead atoms. The van der Waals surface area contributed by atoms with Gasteiger partial charge in [0.2, 0.25) is 0 Å². The Kier molecular flexibility index (Phi) is 7.65. The first-order valence-electron chi connectivity index (χ1n) is 6.99. The summed E-state index contributed by atoms with van der Waals surface area (Å²) in [5, 5.41) is 3.66. The average molecular weight is 234 g/mol. The smallest absolute Gasteiger partial charge is 0.0270 e. The normalized spacial score (nSPS) is 12.6. The summed E-state index contributed by atoms with van der Waals surface area (Å²) in [6.07, 6.45) is 11.4. The first kappa shape index (κ1) is 14.2. The van der Waals surface area contributed by atoms with E-state index in [4.69, 9.17) is 0 Å². The highest BCUT2D eigenvalue weighted by molar-refractivity contribution is 5.11. The lowest BCUT2D eigenvalue weighted by Crippen LogP contribution is -2.31. The summed E-state index contributed by atoms with van der Waals surface area (Å²) < 4.78 is 0. The Morgan fingerprint density at radius 2 is 1.88 bits per heavy atom. The number of nitrogens with one attached hydrogen (secondary N) is 1. The van der Waals surface area contributed by atoms with Crippen LogP contribution in [0, 0.1) is 0 Å². The Balaban J connectivity index is 2.39. The van der Waals surface area contributed by atoms with Gasteiger partial charge < -0.3 is 5.32 Å². The van der Waals surface area contributed by atoms with Gasteiger partial charge in [-0.3, -0.25) is 4.98 Å². The molecular weight excluding hydrogens is 208 g/mol. The van der Waals surface area contributed by atoms with Crippen molar-refractivity contribution in [3.05, 3.63) is 30.1 Å². The molecule has 1 heterocycles. The quantitative estimate of drug-likeness (QED) is 0.661. The molecule has 1 rings (SSSR count). The van der Waals surface area contributed by atoms with Gasteiger partial charge in [-0.15, -0.1) is 0 Å². The molecule has 1 aromatic heterocycles. The van der Waals surface area contributed by atoms with Gasteiger partial charge in [-0.05, 0) is 43.5 Å². The van der Waals surface area contributed by atoms with E-state index < -0.39 is 0 Å². The van der Waals surface area contributed by atoms with E-state index >= 15 is 0 Å². The van der Waals surface area contributed by atoms with E-state index in [0.717, 1.165) is 13.0 Å². The summed E-state index contributed by atoms with van der Waals surface area (Å²) in [5.41, 5.74) is 1.39. The van der Waals surface area contributed by atoms with Crippen molar-refractivity contribution in [3.63, 3.8) is 0 Å². The minimum atomic E-state index is 0.629. The third-order valence-electron chi connectivity index (χ3n) is 3.07. The zero-order valence-corrected chi connectivity index (χ0v) is 11.3. The number of unbranched alkanes of at least 4 members (excludes halogenated alkanes) is 2. The molecule has 0 spiro atoms. The predicted molar refractivity (Wildman–Crippen MR) is 74.2 cm³/mol. The van der Waals surface area contributed by atoms with Crippen LogP contribution in [-0.2, 0) is 6.42 Å². The minimum Gasteiger partial charge on any atom is -0.314 e. The second-order valence-electron chi connectivity index (χ2n) is 4.71. The highest BCUT2D eigenvalue weighted by atomic mass is 14.9. The fourth-order valence-electron chi connectivity index (χ4n) is 2.07. The maximum atomic E-state index is 4.07. The standard InChI is InChI=1S/C15H26N2/c1-3-5-6-7-15(17-10-4-2)13-14-8-11-16-12-9-14/h8-9,11-12,15,17H,3-7,10,13H2,1-2H3. The Labute approximate surface area is 106 Å². The van der Waals surface area contributed by atoms with Crippen LogP contribution in [0.1, 0.15) is 51.5 Å². The van der Waals surface area contributed by atoms with Crippen molar-refractivity contribution in [2.45, 2.75) is 58.4 Å². The monoisotopic (exact) mass is 234 g/mol. The van der Waals surface area contributed by atoms with Gasteiger partial charge in [0, 0.05) is 18.4 Å². The summed E-state index contributed by atoms with van der Waals surface area (Å²) in [6, 6.07) is 4.88. The van der Waals surface area contributed by atoms with Crippen molar-refractivity contribution in [2.75, 3.05) is 6.54 Å². The van der Waals surface area contributed by atoms with E-state index in [1.54, 1.807) is 0 Å². The third kappa shape index (κ3) is 6.42. The van der Waals surface area contributed by atoms with Crippen LogP contribution in [0.25, 0.3) is 0 Å². The molecule has 0 amide bonds. The van der Waals surface area contributed by atoms with E-state index in [-0.39, 0.29) is 0 Å². The number of hydrogen-bond acceptors (Lipinski definition) is 2. The summed E-state index contributed by atoms with van der Waals surface area (Å²) in [6.45, 7) is 5.61. The van der Waals surface area contributed by atoms with E-state index in [0.29, 0.717) is 6.04 Å². The highest BCUT2D eigenvalue weighted by Crippen LogP contribution is 2.09. The number of pyridine rings is 1. The zero-order valence-electron chi connectivity index (χ0n) is 11.3. The van der Waals surface area contributed by atoms with Crippen LogP contribution in [0.3, 0.4) is 0 Å². The SMILES string of the molecule is CCCCCC(Cc1ccncc1)NCCC. The van der Waals surface area contributed by atoms with Crippen molar-refractivity contribution in [1.82, 2.24) is 10.3 Å². The topological polar surface area (TPSA) is 24.9 Å². The Morgan fingerprint density at radius 1 is 1.12 bits per heavy atom. The predicted octanol–water partition coefficient (Wildman–Crippen LogP) is 3.57. The zero-order chi connectivity index (χ0) is 12.3. The van der Waals surface area contributed by atoms with Gasteiger partial charge in [-0.1, -0.05) is 33.1 Å². The summed E-state index contributed by atoms with van der Waals surface area (Å²) in [5.74, 6) is 0. The molecule has 96 valence electrons. The highest BCUT2D eigenvalue weighted by Gasteiger charge is 2.08. The van der Waals surface area contributed by atoms with Crippen LogP contribution in [-0.4, -0.2) is 17.6 Å². The summed E-state index contributed by atoms with van der Waals surface area (Å²) in [4.78, 5) is 4.07. The minimum absolute atomic E-state index is 0.629. The van der Waals surface area contributed by atoms with Crippen LogP contribution < -0.4 is 5.32 Å². The van der Waals surface area contributed by atoms with Crippen LogP contribution in [0.15, 0.2) is 24.5 Å². The molecule has 1 unspecified atom stereocenters. The maximum absolute atomic E-state index is 4.07. The lowest BCUT2D eigenvalue weighted by molar-refractivity contribution is 0.456. The fraction of sp³-hybridized carbons (Fsp3) is 0.667. The Hall–Kier alpha value is -0.890. The molecule has 17 heavy (non-hydrogen) atoms. The molecule has 0 aliphatic rings. The number of hydrogen-bond donors (Lipinski definition) is 1. The van der Waals surface area contributed by atoms with Crippen molar-refractivity contribution in [1.29, 1.82) is 0 Å². The molecule has 0 aliphatic heterocycles. The molecule has 0 aromatic carbocycles. The van der Waals surface area contributed by atoms with Gasteiger partial charge in [0.1, 0.15) is 0 Å². The van der Waals surface area contributed by atoms with E-state index in [1.807, 2.05) is 12.4 Å². The molecule has 0 saturated heterocycles. The van der Waals surface area contributed by atoms with E-state index in [2.05, 4.69) is 36.3 Å². The van der Waals surface area contributed by atoms with Gasteiger partial charge in [0.05, 0.1) is 0 Å². The lowest BCUT2D eigenvalue weighted by atomic mass is 10.0. The van der Waals surface area contributed by atoms with Crippen LogP contribution in [0.5, 0.6) is 0 Å². The van der Waals surface area contributed by atoms with Gasteiger partial charge >= 0.3 is 0 Å². The molecule has 1 aromatic rings. The van der Waals surface area contributed by atoms with Crippen molar-refractivity contribution in [2.24, 2.45) is 0 Å². The maximum Gasteiger partial charge on any atom is 0.0270 e. The van der Waals surface area contributed by atoms with E-state index in [1.165, 1.54) is 37.7 Å². The van der Waals surface area contributed by atoms with Crippen molar-refractivity contribution < 1.29 is 0 Å². The van der Waals surface area contributed by atoms with Gasteiger partial charge in [0.15, 0.2) is 0 Å². The molecule has 0 aliphatic carbocycles. The molecule has 0 fully saturated rings. The molecule has 1 N–H and O–H groups in total. The Morgan fingerprint density at radius 3 is 2.53 bits per heavy atom. The average Bonchev–Trinajstić information content (AvgIpc) is 2.37. The molecule has 2 nitrogen and oxygen atoms in total. The first-order chi connectivity index (χ1) is 8.36. The van der Waals surface area contributed by atoms with Crippen molar-refractivity contribution >= 4 is 0 Å². The molecule has 2 heteroatoms. The van der Waals surface area contributed by atoms with Crippen LogP contribution in [0.4, 0.5) is 0 Å². The number of rotatable bonds is 9. The fourth-order valence-corrected chi connectivity index (χ4v) is 2.07. The second kappa shape index (κ2) is 9.17. The largest absolute Gasteiger partial charge is 0.314 e.